The zero-order valence-corrected chi connectivity index (χ0v) is 12.0. The minimum atomic E-state index is -0.264. The van der Waals surface area contributed by atoms with Gasteiger partial charge in [0, 0.05) is 30.4 Å². The molecule has 0 atom stereocenters. The van der Waals surface area contributed by atoms with Crippen LogP contribution in [0.1, 0.15) is 6.42 Å². The third-order valence-electron chi connectivity index (χ3n) is 3.02. The molecule has 1 N–H and O–H groups in total. The number of aromatic nitrogens is 1. The minimum absolute atomic E-state index is 0.106. The van der Waals surface area contributed by atoms with E-state index in [0.29, 0.717) is 36.3 Å². The van der Waals surface area contributed by atoms with Crippen LogP contribution in [0.3, 0.4) is 0 Å². The lowest BCUT2D eigenvalue weighted by molar-refractivity contribution is -0.118. The Balaban J connectivity index is 1.58. The summed E-state index contributed by atoms with van der Waals surface area (Å²) < 4.78 is 16.4. The van der Waals surface area contributed by atoms with E-state index in [1.807, 2.05) is 0 Å². The highest BCUT2D eigenvalue weighted by molar-refractivity contribution is 5.92. The van der Waals surface area contributed by atoms with Crippen LogP contribution in [0.15, 0.2) is 42.6 Å². The lowest BCUT2D eigenvalue weighted by Crippen LogP contribution is -2.20. The second kappa shape index (κ2) is 6.80. The molecular formula is C16H16N2O4. The number of nitrogens with one attached hydrogen (secondary N) is 1. The molecular weight excluding hydrogens is 284 g/mol. The molecule has 6 heteroatoms. The van der Waals surface area contributed by atoms with Crippen LogP contribution in [0.2, 0.25) is 0 Å². The van der Waals surface area contributed by atoms with Crippen molar-refractivity contribution in [3.8, 4) is 17.4 Å². The van der Waals surface area contributed by atoms with Crippen molar-refractivity contribution in [2.45, 2.75) is 6.42 Å². The van der Waals surface area contributed by atoms with Crippen LogP contribution >= 0.6 is 0 Å². The molecule has 1 aliphatic heterocycles. The number of benzene rings is 1. The molecule has 0 bridgehead atoms. The summed E-state index contributed by atoms with van der Waals surface area (Å²) in [6, 6.07) is 10.6. The smallest absolute Gasteiger partial charge is 0.262 e. The van der Waals surface area contributed by atoms with Crippen molar-refractivity contribution in [1.82, 2.24) is 4.98 Å². The van der Waals surface area contributed by atoms with Crippen LogP contribution in [0.5, 0.6) is 17.4 Å². The van der Waals surface area contributed by atoms with E-state index in [0.717, 1.165) is 6.42 Å². The molecule has 0 saturated carbocycles. The van der Waals surface area contributed by atoms with E-state index in [4.69, 9.17) is 14.2 Å². The van der Waals surface area contributed by atoms with Gasteiger partial charge in [0.25, 0.3) is 5.91 Å². The summed E-state index contributed by atoms with van der Waals surface area (Å²) in [6.07, 6.45) is 2.45. The Bertz CT molecular complexity index is 646. The lowest BCUT2D eigenvalue weighted by Gasteiger charge is -2.10. The molecule has 114 valence electrons. The van der Waals surface area contributed by atoms with Gasteiger partial charge in [0.1, 0.15) is 0 Å². The third kappa shape index (κ3) is 3.66. The zero-order valence-electron chi connectivity index (χ0n) is 12.0. The van der Waals surface area contributed by atoms with Crippen molar-refractivity contribution < 1.29 is 19.0 Å². The number of carbonyl (C=O) groups is 1. The number of fused-ring (bicyclic) bond motifs is 1. The number of amides is 1. The van der Waals surface area contributed by atoms with Gasteiger partial charge in [0.2, 0.25) is 5.88 Å². The highest BCUT2D eigenvalue weighted by atomic mass is 16.5. The van der Waals surface area contributed by atoms with E-state index in [9.17, 15) is 4.79 Å². The standard InChI is InChI=1S/C16H16N2O4/c19-15(11-22-16-4-1-2-7-17-16)18-12-5-6-13-14(10-12)21-9-3-8-20-13/h1-2,4-7,10H,3,8-9,11H2,(H,18,19). The number of carbonyl (C=O) groups excluding carboxylic acids is 1. The maximum Gasteiger partial charge on any atom is 0.262 e. The number of anilines is 1. The van der Waals surface area contributed by atoms with E-state index in [1.165, 1.54) is 0 Å². The van der Waals surface area contributed by atoms with Crippen molar-refractivity contribution in [2.75, 3.05) is 25.1 Å². The van der Waals surface area contributed by atoms with Gasteiger partial charge in [-0.05, 0) is 18.2 Å². The van der Waals surface area contributed by atoms with E-state index in [-0.39, 0.29) is 12.5 Å². The average molecular weight is 300 g/mol. The second-order valence-electron chi connectivity index (χ2n) is 4.72. The molecule has 1 aromatic heterocycles. The third-order valence-corrected chi connectivity index (χ3v) is 3.02. The summed E-state index contributed by atoms with van der Waals surface area (Å²) in [5, 5.41) is 2.76. The number of rotatable bonds is 4. The Morgan fingerprint density at radius 3 is 2.86 bits per heavy atom. The molecule has 0 fully saturated rings. The van der Waals surface area contributed by atoms with Crippen molar-refractivity contribution >= 4 is 11.6 Å². The molecule has 3 rings (SSSR count). The normalized spacial score (nSPS) is 13.1. The van der Waals surface area contributed by atoms with Crippen LogP contribution in [0, 0.1) is 0 Å². The predicted molar refractivity (Wildman–Crippen MR) is 80.4 cm³/mol. The molecule has 0 unspecified atom stereocenters. The zero-order chi connectivity index (χ0) is 15.2. The number of pyridine rings is 1. The van der Waals surface area contributed by atoms with Crippen molar-refractivity contribution in [3.05, 3.63) is 42.6 Å². The number of hydrogen-bond acceptors (Lipinski definition) is 5. The lowest BCUT2D eigenvalue weighted by atomic mass is 10.2. The van der Waals surface area contributed by atoms with E-state index >= 15 is 0 Å². The summed E-state index contributed by atoms with van der Waals surface area (Å²) in [5.41, 5.74) is 0.638. The summed E-state index contributed by atoms with van der Waals surface area (Å²) in [4.78, 5) is 15.9. The first-order valence-corrected chi connectivity index (χ1v) is 7.04. The van der Waals surface area contributed by atoms with Crippen molar-refractivity contribution in [2.24, 2.45) is 0 Å². The Kier molecular flexibility index (Phi) is 4.38. The van der Waals surface area contributed by atoms with E-state index in [2.05, 4.69) is 10.3 Å². The quantitative estimate of drug-likeness (QED) is 0.938. The van der Waals surface area contributed by atoms with Gasteiger partial charge < -0.3 is 19.5 Å². The van der Waals surface area contributed by atoms with Crippen LogP contribution in [-0.2, 0) is 4.79 Å². The Hall–Kier alpha value is -2.76. The monoisotopic (exact) mass is 300 g/mol. The van der Waals surface area contributed by atoms with Gasteiger partial charge in [0.05, 0.1) is 13.2 Å². The maximum absolute atomic E-state index is 11.9. The summed E-state index contributed by atoms with van der Waals surface area (Å²) in [6.45, 7) is 1.13. The number of hydrogen-bond donors (Lipinski definition) is 1. The molecule has 1 amide bonds. The Morgan fingerprint density at radius 1 is 1.18 bits per heavy atom. The predicted octanol–water partition coefficient (Wildman–Crippen LogP) is 2.26. The molecule has 0 aliphatic carbocycles. The van der Waals surface area contributed by atoms with E-state index in [1.54, 1.807) is 42.6 Å². The molecule has 0 saturated heterocycles. The molecule has 2 heterocycles. The van der Waals surface area contributed by atoms with Crippen molar-refractivity contribution in [3.63, 3.8) is 0 Å². The summed E-state index contributed by atoms with van der Waals surface area (Å²) in [7, 11) is 0. The largest absolute Gasteiger partial charge is 0.490 e. The molecule has 0 radical (unpaired) electrons. The molecule has 6 nitrogen and oxygen atoms in total. The average Bonchev–Trinajstić information content (AvgIpc) is 2.79. The molecule has 2 aromatic rings. The first-order chi connectivity index (χ1) is 10.8. The summed E-state index contributed by atoms with van der Waals surface area (Å²) in [5.74, 6) is 1.48. The van der Waals surface area contributed by atoms with Gasteiger partial charge in [-0.1, -0.05) is 6.07 Å². The fourth-order valence-electron chi connectivity index (χ4n) is 2.01. The van der Waals surface area contributed by atoms with Crippen LogP contribution in [0.25, 0.3) is 0 Å². The molecule has 1 aliphatic rings. The minimum Gasteiger partial charge on any atom is -0.490 e. The van der Waals surface area contributed by atoms with Crippen LogP contribution in [-0.4, -0.2) is 30.7 Å². The SMILES string of the molecule is O=C(COc1ccccn1)Nc1ccc2c(c1)OCCCO2. The second-order valence-corrected chi connectivity index (χ2v) is 4.72. The van der Waals surface area contributed by atoms with Crippen LogP contribution < -0.4 is 19.5 Å². The van der Waals surface area contributed by atoms with Gasteiger partial charge >= 0.3 is 0 Å². The fourth-order valence-corrected chi connectivity index (χ4v) is 2.01. The van der Waals surface area contributed by atoms with Gasteiger partial charge in [-0.25, -0.2) is 4.98 Å². The maximum atomic E-state index is 11.9. The Morgan fingerprint density at radius 2 is 2.05 bits per heavy atom. The Labute approximate surface area is 128 Å². The first-order valence-electron chi connectivity index (χ1n) is 7.04. The molecule has 1 aromatic carbocycles. The van der Waals surface area contributed by atoms with Gasteiger partial charge in [0.15, 0.2) is 18.1 Å². The molecule has 22 heavy (non-hydrogen) atoms. The highest BCUT2D eigenvalue weighted by Gasteiger charge is 2.12. The van der Waals surface area contributed by atoms with Gasteiger partial charge in [-0.15, -0.1) is 0 Å². The topological polar surface area (TPSA) is 69.7 Å². The van der Waals surface area contributed by atoms with E-state index < -0.39 is 0 Å². The highest BCUT2D eigenvalue weighted by Crippen LogP contribution is 2.32. The van der Waals surface area contributed by atoms with Gasteiger partial charge in [-0.2, -0.15) is 0 Å². The first kappa shape index (κ1) is 14.2. The molecule has 0 spiro atoms. The number of ether oxygens (including phenoxy) is 3. The van der Waals surface area contributed by atoms with Gasteiger partial charge in [-0.3, -0.25) is 4.79 Å². The summed E-state index contributed by atoms with van der Waals surface area (Å²) >= 11 is 0. The van der Waals surface area contributed by atoms with Crippen molar-refractivity contribution in [1.29, 1.82) is 0 Å². The fraction of sp³-hybridized carbons (Fsp3) is 0.250. The van der Waals surface area contributed by atoms with Crippen LogP contribution in [0.4, 0.5) is 5.69 Å². The number of nitrogens with zero attached hydrogens (tertiary/aromatic N) is 1.